The van der Waals surface area contributed by atoms with E-state index in [1.54, 1.807) is 58.9 Å². The predicted molar refractivity (Wildman–Crippen MR) is 78.4 cm³/mol. The maximum Gasteiger partial charge on any atom is 0.349 e. The lowest BCUT2D eigenvalue weighted by atomic mass is 9.84. The quantitative estimate of drug-likeness (QED) is 0.817. The summed E-state index contributed by atoms with van der Waals surface area (Å²) in [7, 11) is 0. The molecule has 1 N–H and O–H groups in total. The van der Waals surface area contributed by atoms with Gasteiger partial charge in [-0.05, 0) is 40.7 Å². The van der Waals surface area contributed by atoms with Gasteiger partial charge in [0, 0.05) is 5.56 Å². The lowest BCUT2D eigenvalue weighted by Gasteiger charge is -2.28. The number of para-hydroxylation sites is 1. The van der Waals surface area contributed by atoms with E-state index in [1.165, 1.54) is 0 Å². The molecule has 0 aliphatic heterocycles. The molecule has 0 bridgehead atoms. The van der Waals surface area contributed by atoms with Crippen LogP contribution in [0.25, 0.3) is 0 Å². The molecule has 1 rings (SSSR count). The van der Waals surface area contributed by atoms with E-state index in [9.17, 15) is 14.7 Å². The highest BCUT2D eigenvalue weighted by Crippen LogP contribution is 2.34. The van der Waals surface area contributed by atoms with Crippen LogP contribution in [0.5, 0.6) is 5.75 Å². The molecule has 0 fully saturated rings. The summed E-state index contributed by atoms with van der Waals surface area (Å²) in [6.07, 6.45) is 0. The van der Waals surface area contributed by atoms with Gasteiger partial charge in [-0.3, -0.25) is 4.79 Å². The number of hydrogen-bond acceptors (Lipinski definition) is 4. The second kappa shape index (κ2) is 6.16. The smallest absolute Gasteiger partial charge is 0.349 e. The van der Waals surface area contributed by atoms with Gasteiger partial charge in [0.2, 0.25) is 0 Å². The average molecular weight is 294 g/mol. The average Bonchev–Trinajstić information content (AvgIpc) is 2.38. The Morgan fingerprint density at radius 2 is 1.71 bits per heavy atom. The summed E-state index contributed by atoms with van der Waals surface area (Å²) in [5, 5.41) is 9.36. The van der Waals surface area contributed by atoms with E-state index in [4.69, 9.17) is 9.47 Å². The molecule has 0 atom stereocenters. The van der Waals surface area contributed by atoms with Crippen LogP contribution in [0, 0.1) is 0 Å². The molecule has 0 amide bonds. The van der Waals surface area contributed by atoms with Crippen LogP contribution in [0.15, 0.2) is 24.3 Å². The molecular formula is C16H22O5. The van der Waals surface area contributed by atoms with Crippen LogP contribution in [0.3, 0.4) is 0 Å². The van der Waals surface area contributed by atoms with Gasteiger partial charge in [0.05, 0.1) is 12.0 Å². The van der Waals surface area contributed by atoms with Crippen molar-refractivity contribution in [2.75, 3.05) is 6.61 Å². The largest absolute Gasteiger partial charge is 0.481 e. The molecule has 0 radical (unpaired) electrons. The zero-order valence-corrected chi connectivity index (χ0v) is 13.1. The van der Waals surface area contributed by atoms with E-state index in [2.05, 4.69) is 0 Å². The van der Waals surface area contributed by atoms with Gasteiger partial charge in [-0.25, -0.2) is 4.79 Å². The fraction of sp³-hybridized carbons (Fsp3) is 0.500. The number of carbonyl (C=O) groups is 2. The molecule has 0 aliphatic carbocycles. The number of benzene rings is 1. The Morgan fingerprint density at radius 3 is 2.24 bits per heavy atom. The van der Waals surface area contributed by atoms with E-state index in [0.717, 1.165) is 0 Å². The van der Waals surface area contributed by atoms with Crippen LogP contribution >= 0.6 is 0 Å². The fourth-order valence-corrected chi connectivity index (χ4v) is 1.81. The van der Waals surface area contributed by atoms with Crippen molar-refractivity contribution in [1.82, 2.24) is 0 Å². The fourth-order valence-electron chi connectivity index (χ4n) is 1.81. The van der Waals surface area contributed by atoms with Crippen molar-refractivity contribution in [1.29, 1.82) is 0 Å². The molecule has 0 saturated carbocycles. The minimum atomic E-state index is -1.19. The van der Waals surface area contributed by atoms with Gasteiger partial charge in [-0.2, -0.15) is 0 Å². The summed E-state index contributed by atoms with van der Waals surface area (Å²) in [6.45, 7) is 8.35. The number of hydrogen-bond donors (Lipinski definition) is 1. The minimum Gasteiger partial charge on any atom is -0.481 e. The van der Waals surface area contributed by atoms with Gasteiger partial charge in [-0.1, -0.05) is 18.2 Å². The van der Waals surface area contributed by atoms with Crippen LogP contribution in [-0.2, 0) is 19.7 Å². The summed E-state index contributed by atoms with van der Waals surface area (Å²) in [5.41, 5.74) is -1.81. The molecule has 0 aromatic heterocycles. The summed E-state index contributed by atoms with van der Waals surface area (Å²) < 4.78 is 10.7. The maximum atomic E-state index is 11.9. The molecule has 0 unspecified atom stereocenters. The molecule has 116 valence electrons. The van der Waals surface area contributed by atoms with Crippen molar-refractivity contribution < 1.29 is 24.2 Å². The number of esters is 1. The standard InChI is InChI=1S/C16H22O5/c1-6-20-14(19)16(4,5)21-12-10-8-7-9-11(12)15(2,3)13(17)18/h7-10H,6H2,1-5H3,(H,17,18). The molecule has 0 aliphatic rings. The molecule has 0 saturated heterocycles. The van der Waals surface area contributed by atoms with Crippen LogP contribution in [0.2, 0.25) is 0 Å². The number of carboxylic acid groups (broad SMARTS) is 1. The lowest BCUT2D eigenvalue weighted by Crippen LogP contribution is -2.40. The van der Waals surface area contributed by atoms with E-state index >= 15 is 0 Å². The van der Waals surface area contributed by atoms with E-state index < -0.39 is 23.0 Å². The number of rotatable bonds is 6. The Labute approximate surface area is 124 Å². The van der Waals surface area contributed by atoms with E-state index in [1.807, 2.05) is 0 Å². The van der Waals surface area contributed by atoms with Crippen molar-refractivity contribution in [2.24, 2.45) is 0 Å². The summed E-state index contributed by atoms with van der Waals surface area (Å²) in [5.74, 6) is -1.09. The summed E-state index contributed by atoms with van der Waals surface area (Å²) in [4.78, 5) is 23.3. The molecule has 5 nitrogen and oxygen atoms in total. The van der Waals surface area contributed by atoms with Crippen molar-refractivity contribution >= 4 is 11.9 Å². The van der Waals surface area contributed by atoms with Crippen LogP contribution < -0.4 is 4.74 Å². The highest BCUT2D eigenvalue weighted by atomic mass is 16.6. The molecule has 0 spiro atoms. The van der Waals surface area contributed by atoms with Gasteiger partial charge in [0.1, 0.15) is 5.75 Å². The van der Waals surface area contributed by atoms with Crippen LogP contribution in [0.1, 0.15) is 40.2 Å². The first kappa shape index (κ1) is 17.0. The minimum absolute atomic E-state index is 0.258. The van der Waals surface area contributed by atoms with Crippen LogP contribution in [-0.4, -0.2) is 29.3 Å². The molecule has 21 heavy (non-hydrogen) atoms. The Bertz CT molecular complexity index is 531. The lowest BCUT2D eigenvalue weighted by molar-refractivity contribution is -0.158. The third-order valence-electron chi connectivity index (χ3n) is 3.23. The summed E-state index contributed by atoms with van der Waals surface area (Å²) >= 11 is 0. The molecule has 5 heteroatoms. The van der Waals surface area contributed by atoms with Crippen molar-refractivity contribution in [3.05, 3.63) is 29.8 Å². The van der Waals surface area contributed by atoms with Crippen LogP contribution in [0.4, 0.5) is 0 Å². The van der Waals surface area contributed by atoms with Gasteiger partial charge in [0.25, 0.3) is 0 Å². The predicted octanol–water partition coefficient (Wildman–Crippen LogP) is 2.77. The molecular weight excluding hydrogens is 272 g/mol. The highest BCUT2D eigenvalue weighted by Gasteiger charge is 2.36. The Hall–Kier alpha value is -2.04. The number of carboxylic acids is 1. The Balaban J connectivity index is 3.16. The van der Waals surface area contributed by atoms with Crippen molar-refractivity contribution in [3.8, 4) is 5.75 Å². The first-order valence-corrected chi connectivity index (χ1v) is 6.82. The second-order valence-electron chi connectivity index (χ2n) is 5.76. The Kier molecular flexibility index (Phi) is 4.99. The Morgan fingerprint density at radius 1 is 1.14 bits per heavy atom. The zero-order valence-electron chi connectivity index (χ0n) is 13.1. The third kappa shape index (κ3) is 3.74. The zero-order chi connectivity index (χ0) is 16.3. The van der Waals surface area contributed by atoms with E-state index in [0.29, 0.717) is 11.3 Å². The maximum absolute atomic E-state index is 11.9. The van der Waals surface area contributed by atoms with E-state index in [-0.39, 0.29) is 6.61 Å². The van der Waals surface area contributed by atoms with Crippen molar-refractivity contribution in [3.63, 3.8) is 0 Å². The number of ether oxygens (including phenoxy) is 2. The molecule has 0 heterocycles. The first-order chi connectivity index (χ1) is 9.63. The monoisotopic (exact) mass is 294 g/mol. The van der Waals surface area contributed by atoms with Gasteiger partial charge in [-0.15, -0.1) is 0 Å². The normalized spacial score (nSPS) is 11.9. The number of aliphatic carboxylic acids is 1. The molecule has 1 aromatic carbocycles. The number of carbonyl (C=O) groups excluding carboxylic acids is 1. The van der Waals surface area contributed by atoms with Crippen molar-refractivity contribution in [2.45, 2.75) is 45.6 Å². The van der Waals surface area contributed by atoms with Gasteiger partial charge < -0.3 is 14.6 Å². The second-order valence-corrected chi connectivity index (χ2v) is 5.76. The first-order valence-electron chi connectivity index (χ1n) is 6.82. The topological polar surface area (TPSA) is 72.8 Å². The summed E-state index contributed by atoms with van der Waals surface area (Å²) in [6, 6.07) is 6.81. The highest BCUT2D eigenvalue weighted by molar-refractivity contribution is 5.82. The van der Waals surface area contributed by atoms with Gasteiger partial charge >= 0.3 is 11.9 Å². The third-order valence-corrected chi connectivity index (χ3v) is 3.23. The molecule has 1 aromatic rings. The van der Waals surface area contributed by atoms with Gasteiger partial charge in [0.15, 0.2) is 5.60 Å². The SMILES string of the molecule is CCOC(=O)C(C)(C)Oc1ccccc1C(C)(C)C(=O)O.